The van der Waals surface area contributed by atoms with E-state index in [9.17, 15) is 4.79 Å². The summed E-state index contributed by atoms with van der Waals surface area (Å²) in [7, 11) is 0. The predicted octanol–water partition coefficient (Wildman–Crippen LogP) is 5.85. The highest BCUT2D eigenvalue weighted by Gasteiger charge is 2.13. The second-order valence-electron chi connectivity index (χ2n) is 7.79. The highest BCUT2D eigenvalue weighted by atomic mass is 35.5. The first-order chi connectivity index (χ1) is 15.9. The van der Waals surface area contributed by atoms with Crippen molar-refractivity contribution in [2.45, 2.75) is 33.0 Å². The van der Waals surface area contributed by atoms with Crippen LogP contribution in [0.2, 0.25) is 10.0 Å². The van der Waals surface area contributed by atoms with E-state index in [2.05, 4.69) is 29.4 Å². The second kappa shape index (κ2) is 10.1. The van der Waals surface area contributed by atoms with Crippen molar-refractivity contribution in [2.75, 3.05) is 5.32 Å². The van der Waals surface area contributed by atoms with Crippen LogP contribution in [0.15, 0.2) is 67.0 Å². The van der Waals surface area contributed by atoms with Crippen molar-refractivity contribution in [3.05, 3.63) is 93.9 Å². The standard InChI is InChI=1S/C24H23Cl2N5O2/c1-16(2)17-6-8-18(9-7-17)33-15-31-12-10-22(28-31)24(32)27-23-11-13-30(29-23)14-19-20(25)4-3-5-21(19)26/h3-13,16H,14-15H2,1-2H3,(H,27,29,32). The summed E-state index contributed by atoms with van der Waals surface area (Å²) < 4.78 is 8.96. The first-order valence-corrected chi connectivity index (χ1v) is 11.2. The van der Waals surface area contributed by atoms with E-state index in [1.807, 2.05) is 24.3 Å². The molecule has 0 aliphatic heterocycles. The normalized spacial score (nSPS) is 11.1. The van der Waals surface area contributed by atoms with E-state index in [-0.39, 0.29) is 18.3 Å². The van der Waals surface area contributed by atoms with E-state index in [0.29, 0.717) is 28.3 Å². The zero-order valence-corrected chi connectivity index (χ0v) is 19.7. The number of anilines is 1. The lowest BCUT2D eigenvalue weighted by Crippen LogP contribution is -2.15. The van der Waals surface area contributed by atoms with Crippen molar-refractivity contribution in [3.63, 3.8) is 0 Å². The number of nitrogens with one attached hydrogen (secondary N) is 1. The molecule has 0 aliphatic rings. The molecule has 4 rings (SSSR count). The number of aromatic nitrogens is 4. The topological polar surface area (TPSA) is 74.0 Å². The average molecular weight is 484 g/mol. The minimum absolute atomic E-state index is 0.196. The molecule has 0 atom stereocenters. The molecule has 0 bridgehead atoms. The molecule has 0 fully saturated rings. The van der Waals surface area contributed by atoms with Gasteiger partial charge in [0.1, 0.15) is 5.75 Å². The smallest absolute Gasteiger partial charge is 0.277 e. The van der Waals surface area contributed by atoms with Gasteiger partial charge in [-0.15, -0.1) is 0 Å². The van der Waals surface area contributed by atoms with Gasteiger partial charge in [0.05, 0.1) is 6.54 Å². The van der Waals surface area contributed by atoms with Crippen LogP contribution in [0.1, 0.15) is 41.4 Å². The molecule has 0 spiro atoms. The van der Waals surface area contributed by atoms with Gasteiger partial charge in [-0.25, -0.2) is 4.68 Å². The third-order valence-corrected chi connectivity index (χ3v) is 5.76. The van der Waals surface area contributed by atoms with Crippen LogP contribution in [0.4, 0.5) is 5.82 Å². The summed E-state index contributed by atoms with van der Waals surface area (Å²) in [6.45, 7) is 4.87. The highest BCUT2D eigenvalue weighted by Crippen LogP contribution is 2.25. The fraction of sp³-hybridized carbons (Fsp3) is 0.208. The molecule has 0 unspecified atom stereocenters. The molecule has 0 saturated carbocycles. The Hall–Kier alpha value is -3.29. The van der Waals surface area contributed by atoms with Crippen molar-refractivity contribution < 1.29 is 9.53 Å². The minimum atomic E-state index is -0.365. The maximum Gasteiger partial charge on any atom is 0.277 e. The van der Waals surface area contributed by atoms with Gasteiger partial charge < -0.3 is 10.1 Å². The van der Waals surface area contributed by atoms with Crippen LogP contribution >= 0.6 is 23.2 Å². The van der Waals surface area contributed by atoms with Crippen LogP contribution in [0.3, 0.4) is 0 Å². The van der Waals surface area contributed by atoms with Gasteiger partial charge in [0.2, 0.25) is 0 Å². The summed E-state index contributed by atoms with van der Waals surface area (Å²) in [4.78, 5) is 12.6. The molecule has 4 aromatic rings. The number of halogens is 2. The second-order valence-corrected chi connectivity index (χ2v) is 8.60. The fourth-order valence-electron chi connectivity index (χ4n) is 3.19. The van der Waals surface area contributed by atoms with E-state index in [0.717, 1.165) is 11.3 Å². The largest absolute Gasteiger partial charge is 0.471 e. The number of carbonyl (C=O) groups is 1. The van der Waals surface area contributed by atoms with Gasteiger partial charge in [0, 0.05) is 34.1 Å². The van der Waals surface area contributed by atoms with E-state index in [1.165, 1.54) is 5.56 Å². The lowest BCUT2D eigenvalue weighted by Gasteiger charge is -2.09. The van der Waals surface area contributed by atoms with Crippen molar-refractivity contribution in [1.29, 1.82) is 0 Å². The van der Waals surface area contributed by atoms with Gasteiger partial charge in [0.15, 0.2) is 18.2 Å². The number of benzene rings is 2. The first kappa shape index (κ1) is 22.9. The number of nitrogens with zero attached hydrogens (tertiary/aromatic N) is 4. The van der Waals surface area contributed by atoms with Gasteiger partial charge in [-0.2, -0.15) is 10.2 Å². The van der Waals surface area contributed by atoms with E-state index in [1.54, 1.807) is 52.1 Å². The summed E-state index contributed by atoms with van der Waals surface area (Å²) in [6, 6.07) is 16.6. The third kappa shape index (κ3) is 5.74. The van der Waals surface area contributed by atoms with E-state index < -0.39 is 0 Å². The molecule has 1 amide bonds. The number of ether oxygens (including phenoxy) is 1. The molecule has 2 aromatic heterocycles. The number of amides is 1. The molecule has 1 N–H and O–H groups in total. The molecular formula is C24H23Cl2N5O2. The van der Waals surface area contributed by atoms with E-state index in [4.69, 9.17) is 27.9 Å². The maximum absolute atomic E-state index is 12.6. The summed E-state index contributed by atoms with van der Waals surface area (Å²) in [5.74, 6) is 1.24. The number of carbonyl (C=O) groups excluding carboxylic acids is 1. The monoisotopic (exact) mass is 483 g/mol. The van der Waals surface area contributed by atoms with Crippen LogP contribution in [-0.4, -0.2) is 25.5 Å². The fourth-order valence-corrected chi connectivity index (χ4v) is 3.70. The Balaban J connectivity index is 1.33. The van der Waals surface area contributed by atoms with Crippen LogP contribution in [0, 0.1) is 0 Å². The van der Waals surface area contributed by atoms with Gasteiger partial charge in [-0.1, -0.05) is 55.2 Å². The van der Waals surface area contributed by atoms with Gasteiger partial charge in [-0.05, 0) is 41.8 Å². The third-order valence-electron chi connectivity index (χ3n) is 5.05. The van der Waals surface area contributed by atoms with Gasteiger partial charge in [0.25, 0.3) is 5.91 Å². The average Bonchev–Trinajstić information content (AvgIpc) is 3.45. The molecule has 33 heavy (non-hydrogen) atoms. The van der Waals surface area contributed by atoms with Crippen molar-refractivity contribution in [2.24, 2.45) is 0 Å². The maximum atomic E-state index is 12.6. The minimum Gasteiger partial charge on any atom is -0.471 e. The Bertz CT molecular complexity index is 1230. The lowest BCUT2D eigenvalue weighted by atomic mass is 10.0. The Morgan fingerprint density at radius 1 is 0.970 bits per heavy atom. The summed E-state index contributed by atoms with van der Waals surface area (Å²) in [5.41, 5.74) is 2.27. The summed E-state index contributed by atoms with van der Waals surface area (Å²) >= 11 is 12.4. The summed E-state index contributed by atoms with van der Waals surface area (Å²) in [6.07, 6.45) is 3.43. The predicted molar refractivity (Wildman–Crippen MR) is 129 cm³/mol. The van der Waals surface area contributed by atoms with Crippen LogP contribution < -0.4 is 10.1 Å². The molecule has 2 heterocycles. The molecular weight excluding hydrogens is 461 g/mol. The number of hydrogen-bond acceptors (Lipinski definition) is 4. The molecule has 7 nitrogen and oxygen atoms in total. The Morgan fingerprint density at radius 3 is 2.36 bits per heavy atom. The molecule has 0 saturated heterocycles. The molecule has 2 aromatic carbocycles. The molecule has 170 valence electrons. The van der Waals surface area contributed by atoms with Crippen LogP contribution in [0.5, 0.6) is 5.75 Å². The van der Waals surface area contributed by atoms with E-state index >= 15 is 0 Å². The zero-order valence-electron chi connectivity index (χ0n) is 18.2. The van der Waals surface area contributed by atoms with Gasteiger partial charge >= 0.3 is 0 Å². The number of rotatable bonds is 8. The van der Waals surface area contributed by atoms with Crippen LogP contribution in [0.25, 0.3) is 0 Å². The van der Waals surface area contributed by atoms with Crippen molar-refractivity contribution >= 4 is 34.9 Å². The quantitative estimate of drug-likeness (QED) is 0.341. The van der Waals surface area contributed by atoms with Crippen molar-refractivity contribution in [3.8, 4) is 5.75 Å². The molecule has 9 heteroatoms. The van der Waals surface area contributed by atoms with Gasteiger partial charge in [-0.3, -0.25) is 9.48 Å². The first-order valence-electron chi connectivity index (χ1n) is 10.4. The molecule has 0 aliphatic carbocycles. The van der Waals surface area contributed by atoms with Crippen LogP contribution in [-0.2, 0) is 13.3 Å². The molecule has 0 radical (unpaired) electrons. The lowest BCUT2D eigenvalue weighted by molar-refractivity contribution is 0.101. The Morgan fingerprint density at radius 2 is 1.67 bits per heavy atom. The van der Waals surface area contributed by atoms with Crippen molar-refractivity contribution in [1.82, 2.24) is 19.6 Å². The SMILES string of the molecule is CC(C)c1ccc(OCn2ccc(C(=O)Nc3ccn(Cc4c(Cl)cccc4Cl)n3)n2)cc1. The summed E-state index contributed by atoms with van der Waals surface area (Å²) in [5, 5.41) is 12.5. The number of hydrogen-bond donors (Lipinski definition) is 1. The Kier molecular flexibility index (Phi) is 7.01. The highest BCUT2D eigenvalue weighted by molar-refractivity contribution is 6.35. The Labute approximate surface area is 201 Å². The zero-order chi connectivity index (χ0) is 23.4.